The van der Waals surface area contributed by atoms with Crippen LogP contribution >= 0.6 is 0 Å². The van der Waals surface area contributed by atoms with Crippen LogP contribution in [0.4, 0.5) is 5.69 Å². The van der Waals surface area contributed by atoms with Gasteiger partial charge in [-0.1, -0.05) is 26.0 Å². The number of aliphatic imine (C=N–C) groups is 1. The number of nitrogens with zero attached hydrogens (tertiary/aromatic N) is 2. The zero-order valence-corrected chi connectivity index (χ0v) is 13.3. The zero-order valence-electron chi connectivity index (χ0n) is 13.3. The number of guanidine groups is 1. The Morgan fingerprint density at radius 2 is 2.00 bits per heavy atom. The Bertz CT molecular complexity index is 486. The average molecular weight is 308 g/mol. The molecule has 0 bridgehead atoms. The first-order valence-corrected chi connectivity index (χ1v) is 7.27. The lowest BCUT2D eigenvalue weighted by molar-refractivity contribution is -0.384. The van der Waals surface area contributed by atoms with E-state index in [0.29, 0.717) is 31.6 Å². The quantitative estimate of drug-likeness (QED) is 0.252. The van der Waals surface area contributed by atoms with Gasteiger partial charge in [-0.3, -0.25) is 10.1 Å². The Morgan fingerprint density at radius 1 is 1.32 bits per heavy atom. The molecular weight excluding hydrogens is 284 g/mol. The number of nitro benzene ring substituents is 1. The number of nitro groups is 1. The normalized spacial score (nSPS) is 11.5. The van der Waals surface area contributed by atoms with Crippen molar-refractivity contribution in [2.45, 2.75) is 20.4 Å². The molecule has 0 radical (unpaired) electrons. The number of nitrogens with one attached hydrogen (secondary N) is 2. The topological polar surface area (TPSA) is 88.8 Å². The molecule has 0 aliphatic heterocycles. The number of hydrogen-bond acceptors (Lipinski definition) is 4. The number of non-ortho nitro benzene ring substituents is 1. The summed E-state index contributed by atoms with van der Waals surface area (Å²) in [5.74, 6) is 1.22. The van der Waals surface area contributed by atoms with Crippen LogP contribution in [0.15, 0.2) is 29.3 Å². The van der Waals surface area contributed by atoms with Crippen molar-refractivity contribution >= 4 is 11.6 Å². The Balaban J connectivity index is 2.62. The third kappa shape index (κ3) is 7.03. The molecule has 0 saturated carbocycles. The van der Waals surface area contributed by atoms with E-state index in [4.69, 9.17) is 4.74 Å². The second-order valence-corrected chi connectivity index (χ2v) is 5.28. The van der Waals surface area contributed by atoms with Crippen molar-refractivity contribution in [1.82, 2.24) is 10.6 Å². The summed E-state index contributed by atoms with van der Waals surface area (Å²) in [6.07, 6.45) is 0. The van der Waals surface area contributed by atoms with Crippen molar-refractivity contribution in [2.24, 2.45) is 10.9 Å². The average Bonchev–Trinajstić information content (AvgIpc) is 2.49. The van der Waals surface area contributed by atoms with E-state index in [1.165, 1.54) is 12.1 Å². The van der Waals surface area contributed by atoms with E-state index < -0.39 is 4.92 Å². The number of rotatable bonds is 8. The van der Waals surface area contributed by atoms with Gasteiger partial charge in [0.25, 0.3) is 5.69 Å². The molecule has 0 amide bonds. The number of methoxy groups -OCH3 is 1. The van der Waals surface area contributed by atoms with E-state index in [2.05, 4.69) is 29.5 Å². The van der Waals surface area contributed by atoms with Gasteiger partial charge in [0.15, 0.2) is 5.96 Å². The van der Waals surface area contributed by atoms with E-state index in [1.807, 2.05) is 0 Å². The van der Waals surface area contributed by atoms with E-state index in [0.717, 1.165) is 12.1 Å². The van der Waals surface area contributed by atoms with Gasteiger partial charge in [0.1, 0.15) is 0 Å². The minimum atomic E-state index is -0.408. The van der Waals surface area contributed by atoms with E-state index in [1.54, 1.807) is 19.2 Å². The summed E-state index contributed by atoms with van der Waals surface area (Å²) in [6, 6.07) is 6.42. The van der Waals surface area contributed by atoms with Crippen LogP contribution in [0.5, 0.6) is 0 Å². The van der Waals surface area contributed by atoms with Gasteiger partial charge in [-0.25, -0.2) is 4.99 Å². The molecule has 0 aliphatic rings. The molecule has 0 unspecified atom stereocenters. The van der Waals surface area contributed by atoms with Crippen LogP contribution in [-0.2, 0) is 11.3 Å². The molecule has 1 aromatic carbocycles. The molecule has 1 rings (SSSR count). The summed E-state index contributed by atoms with van der Waals surface area (Å²) in [5, 5.41) is 17.1. The maximum Gasteiger partial charge on any atom is 0.269 e. The fourth-order valence-corrected chi connectivity index (χ4v) is 1.64. The lowest BCUT2D eigenvalue weighted by Crippen LogP contribution is -2.40. The van der Waals surface area contributed by atoms with Crippen molar-refractivity contribution in [3.8, 4) is 0 Å². The monoisotopic (exact) mass is 308 g/mol. The largest absolute Gasteiger partial charge is 0.383 e. The maximum absolute atomic E-state index is 10.6. The van der Waals surface area contributed by atoms with Gasteiger partial charge < -0.3 is 15.4 Å². The van der Waals surface area contributed by atoms with E-state index in [-0.39, 0.29) is 5.69 Å². The van der Waals surface area contributed by atoms with Gasteiger partial charge in [0, 0.05) is 32.3 Å². The van der Waals surface area contributed by atoms with Crippen LogP contribution in [0.25, 0.3) is 0 Å². The summed E-state index contributed by atoms with van der Waals surface area (Å²) in [5.41, 5.74) is 1.01. The predicted molar refractivity (Wildman–Crippen MR) is 87.0 cm³/mol. The van der Waals surface area contributed by atoms with Crippen molar-refractivity contribution in [3.05, 3.63) is 39.9 Å². The summed E-state index contributed by atoms with van der Waals surface area (Å²) < 4.78 is 5.01. The molecule has 22 heavy (non-hydrogen) atoms. The van der Waals surface area contributed by atoms with Gasteiger partial charge in [-0.15, -0.1) is 0 Å². The highest BCUT2D eigenvalue weighted by molar-refractivity contribution is 5.79. The minimum Gasteiger partial charge on any atom is -0.383 e. The Hall–Kier alpha value is -2.15. The minimum absolute atomic E-state index is 0.0871. The summed E-state index contributed by atoms with van der Waals surface area (Å²) in [7, 11) is 1.65. The molecule has 7 nitrogen and oxygen atoms in total. The molecule has 0 heterocycles. The van der Waals surface area contributed by atoms with Crippen LogP contribution < -0.4 is 10.6 Å². The van der Waals surface area contributed by atoms with Gasteiger partial charge in [0.05, 0.1) is 18.1 Å². The smallest absolute Gasteiger partial charge is 0.269 e. The second-order valence-electron chi connectivity index (χ2n) is 5.28. The molecule has 0 spiro atoms. The molecule has 2 N–H and O–H groups in total. The first-order chi connectivity index (χ1) is 10.5. The third-order valence-electron chi connectivity index (χ3n) is 2.84. The number of benzene rings is 1. The molecule has 122 valence electrons. The molecular formula is C15H24N4O3. The van der Waals surface area contributed by atoms with Crippen molar-refractivity contribution in [2.75, 3.05) is 26.8 Å². The Labute approximate surface area is 130 Å². The van der Waals surface area contributed by atoms with Crippen LogP contribution in [0, 0.1) is 16.0 Å². The van der Waals surface area contributed by atoms with Crippen molar-refractivity contribution in [3.63, 3.8) is 0 Å². The first kappa shape index (κ1) is 17.9. The molecule has 0 fully saturated rings. The van der Waals surface area contributed by atoms with E-state index >= 15 is 0 Å². The summed E-state index contributed by atoms with van der Waals surface area (Å²) in [6.45, 7) is 6.78. The van der Waals surface area contributed by atoms with Crippen LogP contribution in [0.1, 0.15) is 19.4 Å². The van der Waals surface area contributed by atoms with Crippen molar-refractivity contribution in [1.29, 1.82) is 0 Å². The number of ether oxygens (including phenoxy) is 1. The molecule has 0 aromatic heterocycles. The lowest BCUT2D eigenvalue weighted by atomic mass is 10.2. The lowest BCUT2D eigenvalue weighted by Gasteiger charge is -2.14. The molecule has 0 atom stereocenters. The highest BCUT2D eigenvalue weighted by atomic mass is 16.6. The second kappa shape index (κ2) is 9.73. The van der Waals surface area contributed by atoms with Gasteiger partial charge in [0.2, 0.25) is 0 Å². The predicted octanol–water partition coefficient (Wildman–Crippen LogP) is 1.93. The fraction of sp³-hybridized carbons (Fsp3) is 0.533. The third-order valence-corrected chi connectivity index (χ3v) is 2.84. The highest BCUT2D eigenvalue weighted by Crippen LogP contribution is 2.12. The van der Waals surface area contributed by atoms with Gasteiger partial charge in [-0.05, 0) is 11.5 Å². The fourth-order valence-electron chi connectivity index (χ4n) is 1.64. The Kier molecular flexibility index (Phi) is 7.91. The standard InChI is InChI=1S/C15H24N4O3/c1-12(2)10-17-15(16-8-9-22-3)18-11-13-4-6-14(7-5-13)19(20)21/h4-7,12H,8-11H2,1-3H3,(H2,16,17,18). The summed E-state index contributed by atoms with van der Waals surface area (Å²) >= 11 is 0. The van der Waals surface area contributed by atoms with E-state index in [9.17, 15) is 10.1 Å². The number of hydrogen-bond donors (Lipinski definition) is 2. The zero-order chi connectivity index (χ0) is 16.4. The maximum atomic E-state index is 10.6. The SMILES string of the molecule is COCCNC(=NCc1ccc([N+](=O)[O-])cc1)NCC(C)C. The van der Waals surface area contributed by atoms with Crippen LogP contribution in [-0.4, -0.2) is 37.7 Å². The molecule has 0 saturated heterocycles. The summed E-state index contributed by atoms with van der Waals surface area (Å²) in [4.78, 5) is 14.7. The Morgan fingerprint density at radius 3 is 2.55 bits per heavy atom. The molecule has 0 aliphatic carbocycles. The van der Waals surface area contributed by atoms with Crippen LogP contribution in [0.3, 0.4) is 0 Å². The van der Waals surface area contributed by atoms with Crippen molar-refractivity contribution < 1.29 is 9.66 Å². The van der Waals surface area contributed by atoms with Gasteiger partial charge >= 0.3 is 0 Å². The highest BCUT2D eigenvalue weighted by Gasteiger charge is 2.04. The van der Waals surface area contributed by atoms with Gasteiger partial charge in [-0.2, -0.15) is 0 Å². The molecule has 7 heteroatoms. The first-order valence-electron chi connectivity index (χ1n) is 7.27. The van der Waals surface area contributed by atoms with Crippen LogP contribution in [0.2, 0.25) is 0 Å². The molecule has 1 aromatic rings.